The molecule has 0 unspecified atom stereocenters. The van der Waals surface area contributed by atoms with Gasteiger partial charge in [0.2, 0.25) is 0 Å². The fourth-order valence-electron chi connectivity index (χ4n) is 5.45. The van der Waals surface area contributed by atoms with Gasteiger partial charge in [0.1, 0.15) is 17.3 Å². The third kappa shape index (κ3) is 5.15. The number of hydrogen-bond acceptors (Lipinski definition) is 8. The van der Waals surface area contributed by atoms with Gasteiger partial charge in [-0.15, -0.1) is 0 Å². The molecule has 0 spiro atoms. The highest BCUT2D eigenvalue weighted by molar-refractivity contribution is 6.03. The Hall–Kier alpha value is -4.86. The molecule has 10 nitrogen and oxygen atoms in total. The van der Waals surface area contributed by atoms with Gasteiger partial charge in [0.05, 0.1) is 61.3 Å². The summed E-state index contributed by atoms with van der Waals surface area (Å²) >= 11 is 0. The van der Waals surface area contributed by atoms with Gasteiger partial charge in [-0.2, -0.15) is 0 Å². The van der Waals surface area contributed by atoms with Crippen molar-refractivity contribution in [3.05, 3.63) is 76.3 Å². The quantitative estimate of drug-likeness (QED) is 0.265. The Labute approximate surface area is 243 Å². The van der Waals surface area contributed by atoms with Gasteiger partial charge in [-0.3, -0.25) is 19.1 Å². The Balaban J connectivity index is 1.12. The fraction of sp³-hybridized carbons (Fsp3) is 0.312. The predicted octanol–water partition coefficient (Wildman–Crippen LogP) is 4.88. The van der Waals surface area contributed by atoms with Crippen molar-refractivity contribution in [1.82, 2.24) is 14.5 Å². The van der Waals surface area contributed by atoms with Gasteiger partial charge in [0.25, 0.3) is 11.5 Å². The van der Waals surface area contributed by atoms with Gasteiger partial charge in [-0.25, -0.2) is 4.98 Å². The van der Waals surface area contributed by atoms with Gasteiger partial charge in [0.15, 0.2) is 11.5 Å². The topological polar surface area (TPSA) is 104 Å². The number of fused-ring (bicyclic) bond motifs is 3. The van der Waals surface area contributed by atoms with Crippen LogP contribution < -0.4 is 24.5 Å². The number of amides is 1. The molecule has 3 heterocycles. The maximum absolute atomic E-state index is 13.4. The van der Waals surface area contributed by atoms with Crippen LogP contribution in [0.2, 0.25) is 0 Å². The molecule has 42 heavy (non-hydrogen) atoms. The zero-order valence-corrected chi connectivity index (χ0v) is 23.8. The molecule has 0 N–H and O–H groups in total. The van der Waals surface area contributed by atoms with Crippen LogP contribution in [0.1, 0.15) is 35.4 Å². The van der Waals surface area contributed by atoms with E-state index >= 15 is 0 Å². The molecular formula is C32H32N4O6. The lowest BCUT2D eigenvalue weighted by Gasteiger charge is -2.20. The smallest absolute Gasteiger partial charge is 0.266 e. The van der Waals surface area contributed by atoms with E-state index < -0.39 is 0 Å². The van der Waals surface area contributed by atoms with Crippen molar-refractivity contribution in [3.63, 3.8) is 0 Å². The minimum absolute atomic E-state index is 0.0280. The number of ether oxygens (including phenoxy) is 4. The van der Waals surface area contributed by atoms with Crippen molar-refractivity contribution in [2.45, 2.75) is 32.2 Å². The molecular weight excluding hydrogens is 536 g/mol. The zero-order chi connectivity index (χ0) is 29.2. The molecule has 0 bridgehead atoms. The molecule has 1 amide bonds. The maximum atomic E-state index is 13.4. The molecule has 1 atom stereocenters. The van der Waals surface area contributed by atoms with E-state index in [9.17, 15) is 9.59 Å². The number of aliphatic imine (C=N–C) groups is 1. The van der Waals surface area contributed by atoms with E-state index in [1.807, 2.05) is 48.4 Å². The summed E-state index contributed by atoms with van der Waals surface area (Å²) in [5.74, 6) is 2.85. The Bertz CT molecular complexity index is 1730. The van der Waals surface area contributed by atoms with E-state index in [0.717, 1.165) is 19.4 Å². The van der Waals surface area contributed by atoms with Crippen molar-refractivity contribution >= 4 is 28.7 Å². The number of carbonyl (C=O) groups excluding carboxylic acids is 1. The van der Waals surface area contributed by atoms with E-state index in [1.165, 1.54) is 0 Å². The average molecular weight is 569 g/mol. The number of carbonyl (C=O) groups is 1. The second-order valence-electron chi connectivity index (χ2n) is 10.2. The summed E-state index contributed by atoms with van der Waals surface area (Å²) < 4.78 is 24.3. The van der Waals surface area contributed by atoms with Crippen LogP contribution in [-0.4, -0.2) is 66.6 Å². The predicted molar refractivity (Wildman–Crippen MR) is 159 cm³/mol. The molecule has 1 fully saturated rings. The van der Waals surface area contributed by atoms with Crippen LogP contribution in [0.25, 0.3) is 16.6 Å². The van der Waals surface area contributed by atoms with Crippen LogP contribution >= 0.6 is 0 Å². The summed E-state index contributed by atoms with van der Waals surface area (Å²) in [4.78, 5) is 37.6. The highest BCUT2D eigenvalue weighted by Crippen LogP contribution is 2.38. The van der Waals surface area contributed by atoms with E-state index in [1.54, 1.807) is 43.1 Å². The Kier molecular flexibility index (Phi) is 7.52. The fourth-order valence-corrected chi connectivity index (χ4v) is 5.45. The number of aryl methyl sites for hydroxylation is 1. The van der Waals surface area contributed by atoms with Crippen molar-refractivity contribution in [2.75, 3.05) is 34.0 Å². The molecule has 1 saturated heterocycles. The number of benzene rings is 3. The van der Waals surface area contributed by atoms with Crippen molar-refractivity contribution < 1.29 is 23.7 Å². The largest absolute Gasteiger partial charge is 0.497 e. The summed E-state index contributed by atoms with van der Waals surface area (Å²) in [6.45, 7) is 3.28. The first-order valence-corrected chi connectivity index (χ1v) is 14.0. The van der Waals surface area contributed by atoms with Crippen LogP contribution in [-0.2, 0) is 0 Å². The second-order valence-corrected chi connectivity index (χ2v) is 10.2. The molecule has 2 aliphatic heterocycles. The highest BCUT2D eigenvalue weighted by atomic mass is 16.5. The Morgan fingerprint density at radius 1 is 0.905 bits per heavy atom. The van der Waals surface area contributed by atoms with E-state index in [4.69, 9.17) is 18.9 Å². The summed E-state index contributed by atoms with van der Waals surface area (Å²) in [6.07, 6.45) is 4.34. The number of rotatable bonds is 9. The molecule has 216 valence electrons. The van der Waals surface area contributed by atoms with Crippen molar-refractivity contribution in [2.24, 2.45) is 4.99 Å². The maximum Gasteiger partial charge on any atom is 0.266 e. The van der Waals surface area contributed by atoms with Crippen LogP contribution in [0.3, 0.4) is 0 Å². The Morgan fingerprint density at radius 2 is 1.69 bits per heavy atom. The van der Waals surface area contributed by atoms with E-state index in [-0.39, 0.29) is 17.5 Å². The van der Waals surface area contributed by atoms with Gasteiger partial charge in [0, 0.05) is 25.2 Å². The number of nitrogens with zero attached hydrogens (tertiary/aromatic N) is 4. The first-order valence-electron chi connectivity index (χ1n) is 14.0. The lowest BCUT2D eigenvalue weighted by atomic mass is 10.1. The Morgan fingerprint density at radius 3 is 2.48 bits per heavy atom. The van der Waals surface area contributed by atoms with Crippen molar-refractivity contribution in [3.8, 4) is 28.7 Å². The molecule has 10 heteroatoms. The number of hydrogen-bond donors (Lipinski definition) is 0. The third-order valence-corrected chi connectivity index (χ3v) is 7.61. The van der Waals surface area contributed by atoms with Gasteiger partial charge >= 0.3 is 0 Å². The van der Waals surface area contributed by atoms with Gasteiger partial charge < -0.3 is 23.8 Å². The second kappa shape index (κ2) is 11.6. The molecule has 0 saturated carbocycles. The molecule has 0 aliphatic carbocycles. The highest BCUT2D eigenvalue weighted by Gasteiger charge is 2.32. The van der Waals surface area contributed by atoms with Gasteiger partial charge in [-0.05, 0) is 68.3 Å². The third-order valence-electron chi connectivity index (χ3n) is 7.61. The summed E-state index contributed by atoms with van der Waals surface area (Å²) in [5.41, 5.74) is 2.25. The first kappa shape index (κ1) is 27.3. The number of methoxy groups -OCH3 is 2. The zero-order valence-electron chi connectivity index (χ0n) is 23.8. The van der Waals surface area contributed by atoms with Crippen LogP contribution in [0.5, 0.6) is 23.0 Å². The van der Waals surface area contributed by atoms with Crippen LogP contribution in [0.4, 0.5) is 5.69 Å². The monoisotopic (exact) mass is 568 g/mol. The number of aromatic nitrogens is 2. The standard InChI is InChI=1S/C32H32N4O6/c1-20-34-27-12-11-24(16-25(27)32(38)36(20)21-7-9-23(39-2)10-8-21)41-14-5-15-42-30-18-28-26(17-29(30)40-3)31(37)35-13-4-6-22(35)19-33-28/h7-12,16-19,22H,4-6,13-15H2,1-3H3/t22-/m0/s1. The summed E-state index contributed by atoms with van der Waals surface area (Å²) in [7, 11) is 3.16. The van der Waals surface area contributed by atoms with Crippen LogP contribution in [0, 0.1) is 6.92 Å². The minimum Gasteiger partial charge on any atom is -0.497 e. The first-order chi connectivity index (χ1) is 20.5. The normalized spacial score (nSPS) is 15.7. The lowest BCUT2D eigenvalue weighted by molar-refractivity contribution is 0.0774. The molecule has 4 aromatic rings. The molecule has 0 radical (unpaired) electrons. The van der Waals surface area contributed by atoms with E-state index in [0.29, 0.717) is 76.3 Å². The molecule has 1 aromatic heterocycles. The molecule has 2 aliphatic rings. The molecule has 3 aromatic carbocycles. The molecule has 6 rings (SSSR count). The minimum atomic E-state index is -0.173. The summed E-state index contributed by atoms with van der Waals surface area (Å²) in [6, 6.07) is 16.1. The lowest BCUT2D eigenvalue weighted by Crippen LogP contribution is -2.35. The summed E-state index contributed by atoms with van der Waals surface area (Å²) in [5, 5.41) is 0.468. The van der Waals surface area contributed by atoms with Crippen molar-refractivity contribution in [1.29, 1.82) is 0 Å². The van der Waals surface area contributed by atoms with Crippen LogP contribution in [0.15, 0.2) is 64.4 Å². The SMILES string of the molecule is COc1ccc(-n2c(C)nc3ccc(OCCCOc4cc5c(cc4OC)C(=O)N4CCC[C@H]4C=N5)cc3c2=O)cc1. The average Bonchev–Trinajstić information content (AvgIpc) is 3.44. The van der Waals surface area contributed by atoms with E-state index in [2.05, 4.69) is 9.98 Å². The van der Waals surface area contributed by atoms with Gasteiger partial charge in [-0.1, -0.05) is 0 Å².